The molecule has 0 fully saturated rings. The number of rotatable bonds is 12. The van der Waals surface area contributed by atoms with Gasteiger partial charge in [0.15, 0.2) is 5.82 Å². The molecule has 9 heteroatoms. The number of fused-ring (bicyclic) bond motifs is 1. The molecule has 0 bridgehead atoms. The fraction of sp³-hybridized carbons (Fsp3) is 0.267. The highest BCUT2D eigenvalue weighted by Gasteiger charge is 2.30. The van der Waals surface area contributed by atoms with Crippen molar-refractivity contribution in [2.45, 2.75) is 25.6 Å². The standard InChI is InChI=1S/C30H32N6O3/c1-38-18-17-36-29(32-33-34-36)28(26-20-24-19-25(39-2)13-14-27(24)31-30(26)37)35(21-23-11-7-4-8-12-23)16-15-22-9-5-3-6-10-22/h3-14,19-20,28H,15-18,21H2,1-2H3,(H,31,37). The molecule has 1 atom stereocenters. The van der Waals surface area contributed by atoms with E-state index >= 15 is 0 Å². The maximum Gasteiger partial charge on any atom is 0.253 e. The van der Waals surface area contributed by atoms with Gasteiger partial charge in [-0.15, -0.1) is 5.10 Å². The topological polar surface area (TPSA) is 98.2 Å². The Morgan fingerprint density at radius 2 is 1.69 bits per heavy atom. The van der Waals surface area contributed by atoms with E-state index in [4.69, 9.17) is 9.47 Å². The highest BCUT2D eigenvalue weighted by Crippen LogP contribution is 2.29. The van der Waals surface area contributed by atoms with Gasteiger partial charge in [-0.25, -0.2) is 4.68 Å². The average Bonchev–Trinajstić information content (AvgIpc) is 3.44. The van der Waals surface area contributed by atoms with E-state index in [0.29, 0.717) is 43.4 Å². The summed E-state index contributed by atoms with van der Waals surface area (Å²) >= 11 is 0. The lowest BCUT2D eigenvalue weighted by Gasteiger charge is -2.31. The fourth-order valence-corrected chi connectivity index (χ4v) is 4.81. The molecular weight excluding hydrogens is 492 g/mol. The third kappa shape index (κ3) is 6.22. The van der Waals surface area contributed by atoms with Crippen LogP contribution in [0.2, 0.25) is 0 Å². The van der Waals surface area contributed by atoms with Gasteiger partial charge in [0.25, 0.3) is 5.56 Å². The van der Waals surface area contributed by atoms with Crippen LogP contribution in [0.4, 0.5) is 0 Å². The van der Waals surface area contributed by atoms with Gasteiger partial charge in [0, 0.05) is 36.7 Å². The number of H-pyrrole nitrogens is 1. The van der Waals surface area contributed by atoms with Crippen molar-refractivity contribution in [1.29, 1.82) is 0 Å². The Morgan fingerprint density at radius 3 is 2.41 bits per heavy atom. The first-order chi connectivity index (χ1) is 19.2. The summed E-state index contributed by atoms with van der Waals surface area (Å²) in [7, 11) is 3.27. The molecule has 2 heterocycles. The third-order valence-corrected chi connectivity index (χ3v) is 6.81. The van der Waals surface area contributed by atoms with Gasteiger partial charge >= 0.3 is 0 Å². The minimum atomic E-state index is -0.514. The van der Waals surface area contributed by atoms with Crippen molar-refractivity contribution in [2.75, 3.05) is 27.4 Å². The van der Waals surface area contributed by atoms with Crippen LogP contribution >= 0.6 is 0 Å². The van der Waals surface area contributed by atoms with E-state index in [1.807, 2.05) is 60.7 Å². The molecule has 39 heavy (non-hydrogen) atoms. The maximum absolute atomic E-state index is 13.7. The number of pyridine rings is 1. The smallest absolute Gasteiger partial charge is 0.253 e. The predicted octanol–water partition coefficient (Wildman–Crippen LogP) is 4.00. The van der Waals surface area contributed by atoms with Gasteiger partial charge < -0.3 is 14.5 Å². The van der Waals surface area contributed by atoms with Crippen LogP contribution in [0.15, 0.2) is 89.7 Å². The van der Waals surface area contributed by atoms with Crippen molar-refractivity contribution in [1.82, 2.24) is 30.1 Å². The number of methoxy groups -OCH3 is 2. The summed E-state index contributed by atoms with van der Waals surface area (Å²) in [5.41, 5.74) is 3.46. The SMILES string of the molecule is COCCn1nnnc1C(c1cc2cc(OC)ccc2[nH]c1=O)N(CCc1ccccc1)Cc1ccccc1. The second kappa shape index (κ2) is 12.5. The summed E-state index contributed by atoms with van der Waals surface area (Å²) in [6, 6.07) is 27.6. The summed E-state index contributed by atoms with van der Waals surface area (Å²) in [6.07, 6.45) is 0.795. The Hall–Kier alpha value is -4.34. The molecule has 200 valence electrons. The number of aromatic nitrogens is 5. The zero-order valence-electron chi connectivity index (χ0n) is 22.2. The van der Waals surface area contributed by atoms with Gasteiger partial charge in [0.2, 0.25) is 0 Å². The Morgan fingerprint density at radius 1 is 0.949 bits per heavy atom. The number of tetrazole rings is 1. The van der Waals surface area contributed by atoms with E-state index < -0.39 is 6.04 Å². The molecule has 0 amide bonds. The van der Waals surface area contributed by atoms with Crippen molar-refractivity contribution in [3.8, 4) is 5.75 Å². The Labute approximate surface area is 227 Å². The molecule has 0 aliphatic carbocycles. The van der Waals surface area contributed by atoms with Gasteiger partial charge in [-0.1, -0.05) is 60.7 Å². The van der Waals surface area contributed by atoms with E-state index in [9.17, 15) is 4.79 Å². The van der Waals surface area contributed by atoms with Crippen molar-refractivity contribution in [2.24, 2.45) is 0 Å². The number of benzene rings is 3. The number of aromatic amines is 1. The second-order valence-corrected chi connectivity index (χ2v) is 9.35. The first kappa shape index (κ1) is 26.3. The molecule has 9 nitrogen and oxygen atoms in total. The molecule has 0 saturated heterocycles. The molecular formula is C30H32N6O3. The van der Waals surface area contributed by atoms with Crippen LogP contribution < -0.4 is 10.3 Å². The van der Waals surface area contributed by atoms with Crippen LogP contribution in [-0.2, 0) is 24.2 Å². The molecule has 0 spiro atoms. The Bertz CT molecular complexity index is 1550. The van der Waals surface area contributed by atoms with Crippen LogP contribution in [0, 0.1) is 0 Å². The molecule has 2 aromatic heterocycles. The average molecular weight is 525 g/mol. The van der Waals surface area contributed by atoms with E-state index in [-0.39, 0.29) is 5.56 Å². The van der Waals surface area contributed by atoms with Crippen LogP contribution in [0.1, 0.15) is 28.6 Å². The Kier molecular flexibility index (Phi) is 8.40. The normalized spacial score (nSPS) is 12.2. The number of nitrogens with one attached hydrogen (secondary N) is 1. The molecule has 0 saturated carbocycles. The van der Waals surface area contributed by atoms with Crippen LogP contribution in [-0.4, -0.2) is 57.5 Å². The molecule has 5 aromatic rings. The first-order valence-corrected chi connectivity index (χ1v) is 12.9. The summed E-state index contributed by atoms with van der Waals surface area (Å²) in [6.45, 7) is 2.19. The van der Waals surface area contributed by atoms with Crippen LogP contribution in [0.25, 0.3) is 10.9 Å². The monoisotopic (exact) mass is 524 g/mol. The van der Waals surface area contributed by atoms with Crippen LogP contribution in [0.5, 0.6) is 5.75 Å². The number of hydrogen-bond acceptors (Lipinski definition) is 7. The largest absolute Gasteiger partial charge is 0.497 e. The number of hydrogen-bond donors (Lipinski definition) is 1. The zero-order chi connectivity index (χ0) is 27.0. The molecule has 1 unspecified atom stereocenters. The van der Waals surface area contributed by atoms with Crippen molar-refractivity contribution < 1.29 is 9.47 Å². The number of ether oxygens (including phenoxy) is 2. The van der Waals surface area contributed by atoms with Crippen molar-refractivity contribution in [3.05, 3.63) is 118 Å². The van der Waals surface area contributed by atoms with Crippen molar-refractivity contribution in [3.63, 3.8) is 0 Å². The van der Waals surface area contributed by atoms with Gasteiger partial charge in [0.05, 0.1) is 20.3 Å². The van der Waals surface area contributed by atoms with E-state index in [1.54, 1.807) is 18.9 Å². The summed E-state index contributed by atoms with van der Waals surface area (Å²) in [4.78, 5) is 19.0. The molecule has 0 aliphatic heterocycles. The lowest BCUT2D eigenvalue weighted by Crippen LogP contribution is -2.36. The van der Waals surface area contributed by atoms with Gasteiger partial charge in [0.1, 0.15) is 11.8 Å². The van der Waals surface area contributed by atoms with E-state index in [2.05, 4.69) is 49.7 Å². The highest BCUT2D eigenvalue weighted by atomic mass is 16.5. The molecule has 0 aliphatic rings. The lowest BCUT2D eigenvalue weighted by atomic mass is 10.0. The van der Waals surface area contributed by atoms with Crippen LogP contribution in [0.3, 0.4) is 0 Å². The lowest BCUT2D eigenvalue weighted by molar-refractivity contribution is 0.172. The molecule has 5 rings (SSSR count). The first-order valence-electron chi connectivity index (χ1n) is 12.9. The summed E-state index contributed by atoms with van der Waals surface area (Å²) in [5.74, 6) is 1.30. The van der Waals surface area contributed by atoms with Gasteiger partial charge in [-0.2, -0.15) is 0 Å². The minimum absolute atomic E-state index is 0.184. The Balaban J connectivity index is 1.64. The summed E-state index contributed by atoms with van der Waals surface area (Å²) in [5, 5.41) is 13.6. The quantitative estimate of drug-likeness (QED) is 0.263. The zero-order valence-corrected chi connectivity index (χ0v) is 22.2. The molecule has 1 N–H and O–H groups in total. The predicted molar refractivity (Wildman–Crippen MR) is 150 cm³/mol. The second-order valence-electron chi connectivity index (χ2n) is 9.35. The van der Waals surface area contributed by atoms with Crippen molar-refractivity contribution >= 4 is 10.9 Å². The minimum Gasteiger partial charge on any atom is -0.497 e. The molecule has 0 radical (unpaired) electrons. The van der Waals surface area contributed by atoms with Gasteiger partial charge in [-0.05, 0) is 52.2 Å². The highest BCUT2D eigenvalue weighted by molar-refractivity contribution is 5.80. The maximum atomic E-state index is 13.7. The fourth-order valence-electron chi connectivity index (χ4n) is 4.81. The van der Waals surface area contributed by atoms with E-state index in [1.165, 1.54) is 5.56 Å². The third-order valence-electron chi connectivity index (χ3n) is 6.81. The molecule has 3 aromatic carbocycles. The number of nitrogens with zero attached hydrogens (tertiary/aromatic N) is 5. The summed E-state index contributed by atoms with van der Waals surface area (Å²) < 4.78 is 12.5. The van der Waals surface area contributed by atoms with Gasteiger partial charge in [-0.3, -0.25) is 9.69 Å². The van der Waals surface area contributed by atoms with E-state index in [0.717, 1.165) is 22.9 Å².